The molecule has 0 spiro atoms. The second-order valence-corrected chi connectivity index (χ2v) is 7.05. The van der Waals surface area contributed by atoms with Crippen LogP contribution in [-0.2, 0) is 6.42 Å². The Kier molecular flexibility index (Phi) is 3.88. The largest absolute Gasteiger partial charge is 0.371 e. The molecule has 0 N–H and O–H groups in total. The second-order valence-electron chi connectivity index (χ2n) is 7.05. The van der Waals surface area contributed by atoms with Gasteiger partial charge in [0, 0.05) is 18.8 Å². The molecule has 2 bridgehead atoms. The summed E-state index contributed by atoms with van der Waals surface area (Å²) in [5.41, 5.74) is 2.94. The maximum absolute atomic E-state index is 2.63. The number of piperidine rings is 1. The van der Waals surface area contributed by atoms with Crippen LogP contribution in [0, 0.1) is 17.8 Å². The smallest absolute Gasteiger partial charge is 0.0366 e. The van der Waals surface area contributed by atoms with Crippen molar-refractivity contribution in [2.24, 2.45) is 17.8 Å². The van der Waals surface area contributed by atoms with E-state index in [2.05, 4.69) is 65.6 Å². The lowest BCUT2D eigenvalue weighted by molar-refractivity contribution is 0.126. The molecule has 1 heterocycles. The number of para-hydroxylation sites is 1. The highest BCUT2D eigenvalue weighted by Gasteiger charge is 2.39. The lowest BCUT2D eigenvalue weighted by Gasteiger charge is -2.48. The van der Waals surface area contributed by atoms with E-state index in [0.717, 1.165) is 17.8 Å². The van der Waals surface area contributed by atoms with E-state index in [1.54, 1.807) is 0 Å². The minimum Gasteiger partial charge on any atom is -0.371 e. The van der Waals surface area contributed by atoms with Crippen molar-refractivity contribution in [2.45, 2.75) is 25.7 Å². The first-order valence-electron chi connectivity index (χ1n) is 8.74. The summed E-state index contributed by atoms with van der Waals surface area (Å²) in [6, 6.07) is 22.1. The third-order valence-electron chi connectivity index (χ3n) is 5.71. The molecule has 1 aliphatic carbocycles. The lowest BCUT2D eigenvalue weighted by atomic mass is 9.67. The number of anilines is 1. The molecule has 0 amide bonds. The van der Waals surface area contributed by atoms with Crippen molar-refractivity contribution >= 4 is 5.69 Å². The predicted molar refractivity (Wildman–Crippen MR) is 93.1 cm³/mol. The van der Waals surface area contributed by atoms with Crippen LogP contribution in [0.1, 0.15) is 24.8 Å². The first-order valence-corrected chi connectivity index (χ1v) is 8.74. The SMILES string of the molecule is c1ccc(C[C@@H]2C3CCC[C@H]2CN(c2ccccc2)C3)cc1. The van der Waals surface area contributed by atoms with Gasteiger partial charge in [0.25, 0.3) is 0 Å². The van der Waals surface area contributed by atoms with E-state index in [0.29, 0.717) is 0 Å². The maximum atomic E-state index is 2.63. The lowest BCUT2D eigenvalue weighted by Crippen LogP contribution is -2.49. The van der Waals surface area contributed by atoms with Crippen LogP contribution in [-0.4, -0.2) is 13.1 Å². The number of benzene rings is 2. The van der Waals surface area contributed by atoms with E-state index in [-0.39, 0.29) is 0 Å². The monoisotopic (exact) mass is 291 g/mol. The molecule has 1 unspecified atom stereocenters. The molecular formula is C21H25N. The van der Waals surface area contributed by atoms with Crippen molar-refractivity contribution in [2.75, 3.05) is 18.0 Å². The number of hydrogen-bond donors (Lipinski definition) is 0. The number of hydrogen-bond acceptors (Lipinski definition) is 1. The van der Waals surface area contributed by atoms with Crippen molar-refractivity contribution in [1.29, 1.82) is 0 Å². The van der Waals surface area contributed by atoms with E-state index < -0.39 is 0 Å². The summed E-state index contributed by atoms with van der Waals surface area (Å²) < 4.78 is 0. The molecule has 1 saturated carbocycles. The Morgan fingerprint density at radius 1 is 0.773 bits per heavy atom. The van der Waals surface area contributed by atoms with Crippen molar-refractivity contribution in [3.8, 4) is 0 Å². The molecule has 2 aromatic rings. The van der Waals surface area contributed by atoms with Crippen LogP contribution in [0.4, 0.5) is 5.69 Å². The number of nitrogens with zero attached hydrogens (tertiary/aromatic N) is 1. The minimum atomic E-state index is 0.868. The molecule has 114 valence electrons. The normalized spacial score (nSPS) is 27.6. The van der Waals surface area contributed by atoms with Gasteiger partial charge in [-0.2, -0.15) is 0 Å². The predicted octanol–water partition coefficient (Wildman–Crippen LogP) is 4.78. The zero-order chi connectivity index (χ0) is 14.8. The Bertz CT molecular complexity index is 578. The maximum Gasteiger partial charge on any atom is 0.0366 e. The molecule has 2 fully saturated rings. The Morgan fingerprint density at radius 2 is 1.36 bits per heavy atom. The average Bonchev–Trinajstić information content (AvgIpc) is 2.56. The first kappa shape index (κ1) is 13.9. The molecular weight excluding hydrogens is 266 g/mol. The highest BCUT2D eigenvalue weighted by molar-refractivity contribution is 5.46. The zero-order valence-electron chi connectivity index (χ0n) is 13.2. The first-order chi connectivity index (χ1) is 10.9. The van der Waals surface area contributed by atoms with Crippen molar-refractivity contribution in [3.05, 3.63) is 66.2 Å². The summed E-state index contributed by atoms with van der Waals surface area (Å²) in [7, 11) is 0. The summed E-state index contributed by atoms with van der Waals surface area (Å²) in [5, 5.41) is 0. The fraction of sp³-hybridized carbons (Fsp3) is 0.429. The molecule has 1 aliphatic heterocycles. The topological polar surface area (TPSA) is 3.24 Å². The number of fused-ring (bicyclic) bond motifs is 2. The zero-order valence-corrected chi connectivity index (χ0v) is 13.2. The van der Waals surface area contributed by atoms with Crippen molar-refractivity contribution in [1.82, 2.24) is 0 Å². The number of rotatable bonds is 3. The van der Waals surface area contributed by atoms with Gasteiger partial charge in [-0.05, 0) is 54.7 Å². The molecule has 1 heteroatoms. The van der Waals surface area contributed by atoms with E-state index in [4.69, 9.17) is 0 Å². The van der Waals surface area contributed by atoms with Crippen LogP contribution >= 0.6 is 0 Å². The summed E-state index contributed by atoms with van der Waals surface area (Å²) in [6.07, 6.45) is 5.54. The standard InChI is InChI=1S/C21H25N/c1-3-8-17(9-4-1)14-21-18-10-7-11-19(21)16-22(15-18)20-12-5-2-6-13-20/h1-6,8-9,12-13,18-19,21H,7,10-11,14-16H2/t18-,19?,21-/m0/s1. The van der Waals surface area contributed by atoms with Crippen molar-refractivity contribution in [3.63, 3.8) is 0 Å². The highest BCUT2D eigenvalue weighted by Crippen LogP contribution is 2.42. The van der Waals surface area contributed by atoms with Gasteiger partial charge in [-0.3, -0.25) is 0 Å². The van der Waals surface area contributed by atoms with E-state index >= 15 is 0 Å². The quantitative estimate of drug-likeness (QED) is 0.786. The van der Waals surface area contributed by atoms with Gasteiger partial charge >= 0.3 is 0 Å². The van der Waals surface area contributed by atoms with Gasteiger partial charge in [0.15, 0.2) is 0 Å². The van der Waals surface area contributed by atoms with Crippen LogP contribution in [0.3, 0.4) is 0 Å². The summed E-state index contributed by atoms with van der Waals surface area (Å²) in [6.45, 7) is 2.50. The van der Waals surface area contributed by atoms with Gasteiger partial charge in [0.2, 0.25) is 0 Å². The van der Waals surface area contributed by atoms with Gasteiger partial charge in [0.1, 0.15) is 0 Å². The van der Waals surface area contributed by atoms with Crippen molar-refractivity contribution < 1.29 is 0 Å². The van der Waals surface area contributed by atoms with E-state index in [1.807, 2.05) is 0 Å². The van der Waals surface area contributed by atoms with Gasteiger partial charge in [0.05, 0.1) is 0 Å². The van der Waals surface area contributed by atoms with Gasteiger partial charge in [-0.25, -0.2) is 0 Å². The Morgan fingerprint density at radius 3 is 2.00 bits per heavy atom. The average molecular weight is 291 g/mol. The molecule has 1 saturated heterocycles. The van der Waals surface area contributed by atoms with E-state index in [9.17, 15) is 0 Å². The van der Waals surface area contributed by atoms with Crippen LogP contribution in [0.25, 0.3) is 0 Å². The second kappa shape index (κ2) is 6.16. The molecule has 2 aliphatic rings. The third kappa shape index (κ3) is 2.77. The summed E-state index contributed by atoms with van der Waals surface area (Å²) in [5.74, 6) is 2.62. The van der Waals surface area contributed by atoms with Gasteiger partial charge < -0.3 is 4.90 Å². The molecule has 1 nitrogen and oxygen atoms in total. The summed E-state index contributed by atoms with van der Waals surface area (Å²) in [4.78, 5) is 2.63. The van der Waals surface area contributed by atoms with Gasteiger partial charge in [-0.15, -0.1) is 0 Å². The molecule has 4 rings (SSSR count). The molecule has 22 heavy (non-hydrogen) atoms. The molecule has 2 aromatic carbocycles. The Hall–Kier alpha value is -1.76. The van der Waals surface area contributed by atoms with E-state index in [1.165, 1.54) is 50.0 Å². The summed E-state index contributed by atoms with van der Waals surface area (Å²) >= 11 is 0. The van der Waals surface area contributed by atoms with Crippen LogP contribution < -0.4 is 4.90 Å². The third-order valence-corrected chi connectivity index (χ3v) is 5.71. The Labute approximate surface area is 134 Å². The molecule has 3 atom stereocenters. The molecule has 0 aromatic heterocycles. The fourth-order valence-electron chi connectivity index (χ4n) is 4.62. The van der Waals surface area contributed by atoms with Gasteiger partial charge in [-0.1, -0.05) is 55.0 Å². The van der Waals surface area contributed by atoms with Crippen LogP contribution in [0.2, 0.25) is 0 Å². The minimum absolute atomic E-state index is 0.868. The van der Waals surface area contributed by atoms with Crippen LogP contribution in [0.15, 0.2) is 60.7 Å². The fourth-order valence-corrected chi connectivity index (χ4v) is 4.62. The van der Waals surface area contributed by atoms with Crippen LogP contribution in [0.5, 0.6) is 0 Å². The Balaban J connectivity index is 1.52. The highest BCUT2D eigenvalue weighted by atomic mass is 15.1. The molecule has 0 radical (unpaired) electrons.